The van der Waals surface area contributed by atoms with Crippen LogP contribution in [0.15, 0.2) is 9.59 Å². The SMILES string of the molecule is CCn1c(=O)c2c(C(F)F)c(C(=O)N3CCC(O)(CC)CC3)sc2n(CCC(F)(F)F)c1=O. The molecule has 1 amide bonds. The Kier molecular flexibility index (Phi) is 7.04. The molecule has 13 heteroatoms. The summed E-state index contributed by atoms with van der Waals surface area (Å²) in [5, 5.41) is 9.76. The molecule has 0 saturated carbocycles. The highest BCUT2D eigenvalue weighted by atomic mass is 32.1. The number of aryl methyl sites for hydroxylation is 1. The lowest BCUT2D eigenvalue weighted by atomic mass is 9.89. The number of fused-ring (bicyclic) bond motifs is 1. The minimum absolute atomic E-state index is 0.0974. The number of hydrogen-bond donors (Lipinski definition) is 1. The van der Waals surface area contributed by atoms with Gasteiger partial charge in [0.2, 0.25) is 0 Å². The molecule has 0 spiro atoms. The first kappa shape index (κ1) is 25.3. The molecule has 1 saturated heterocycles. The standard InChI is InChI=1S/C20H24F5N3O4S/c1-3-19(32)5-8-26(9-6-19)16(30)13-11(14(21)22)12-15(29)27(4-2)18(31)28(17(12)33-13)10-7-20(23,24)25/h14,32H,3-10H2,1-2H3. The summed E-state index contributed by atoms with van der Waals surface area (Å²) >= 11 is 0.433. The van der Waals surface area contributed by atoms with E-state index in [0.717, 1.165) is 0 Å². The summed E-state index contributed by atoms with van der Waals surface area (Å²) in [6.45, 7) is 2.27. The normalized spacial score (nSPS) is 16.7. The van der Waals surface area contributed by atoms with E-state index in [-0.39, 0.29) is 37.3 Å². The molecular formula is C20H24F5N3O4S. The maximum atomic E-state index is 14.1. The molecule has 1 fully saturated rings. The fraction of sp³-hybridized carbons (Fsp3) is 0.650. The molecule has 1 N–H and O–H groups in total. The second kappa shape index (κ2) is 9.16. The van der Waals surface area contributed by atoms with E-state index in [9.17, 15) is 41.4 Å². The zero-order chi connectivity index (χ0) is 24.7. The van der Waals surface area contributed by atoms with Crippen molar-refractivity contribution in [1.82, 2.24) is 14.0 Å². The highest BCUT2D eigenvalue weighted by Crippen LogP contribution is 2.37. The van der Waals surface area contributed by atoms with E-state index in [0.29, 0.717) is 26.9 Å². The number of piperidine rings is 1. The smallest absolute Gasteiger partial charge is 0.390 e. The van der Waals surface area contributed by atoms with Crippen LogP contribution >= 0.6 is 11.3 Å². The van der Waals surface area contributed by atoms with Gasteiger partial charge in [0.05, 0.1) is 23.0 Å². The van der Waals surface area contributed by atoms with E-state index in [1.54, 1.807) is 6.92 Å². The minimum Gasteiger partial charge on any atom is -0.390 e. The van der Waals surface area contributed by atoms with Crippen molar-refractivity contribution < 1.29 is 31.9 Å². The fourth-order valence-corrected chi connectivity index (χ4v) is 5.28. The van der Waals surface area contributed by atoms with Crippen LogP contribution in [0.3, 0.4) is 0 Å². The van der Waals surface area contributed by atoms with E-state index in [4.69, 9.17) is 0 Å². The quantitative estimate of drug-likeness (QED) is 0.620. The van der Waals surface area contributed by atoms with Crippen molar-refractivity contribution in [2.24, 2.45) is 0 Å². The lowest BCUT2D eigenvalue weighted by molar-refractivity contribution is -0.136. The number of nitrogens with zero attached hydrogens (tertiary/aromatic N) is 3. The Hall–Kier alpha value is -2.28. The molecule has 0 bridgehead atoms. The minimum atomic E-state index is -4.62. The molecule has 1 aliphatic heterocycles. The van der Waals surface area contributed by atoms with Crippen molar-refractivity contribution in [2.75, 3.05) is 13.1 Å². The van der Waals surface area contributed by atoms with Gasteiger partial charge in [0.1, 0.15) is 9.71 Å². The molecule has 2 aromatic heterocycles. The van der Waals surface area contributed by atoms with Crippen molar-refractivity contribution in [2.45, 2.75) is 70.8 Å². The second-order valence-corrected chi connectivity index (χ2v) is 9.04. The van der Waals surface area contributed by atoms with Gasteiger partial charge in [0.25, 0.3) is 17.9 Å². The van der Waals surface area contributed by atoms with E-state index >= 15 is 0 Å². The van der Waals surface area contributed by atoms with Gasteiger partial charge in [0, 0.05) is 26.2 Å². The van der Waals surface area contributed by atoms with Crippen LogP contribution in [0.4, 0.5) is 22.0 Å². The molecule has 0 unspecified atom stereocenters. The van der Waals surface area contributed by atoms with Gasteiger partial charge in [-0.15, -0.1) is 11.3 Å². The number of aromatic nitrogens is 2. The van der Waals surface area contributed by atoms with E-state index in [2.05, 4.69) is 0 Å². The van der Waals surface area contributed by atoms with Crippen LogP contribution in [0.2, 0.25) is 0 Å². The molecule has 0 aromatic carbocycles. The van der Waals surface area contributed by atoms with Crippen molar-refractivity contribution in [3.05, 3.63) is 31.3 Å². The zero-order valence-corrected chi connectivity index (χ0v) is 18.9. The number of aliphatic hydroxyl groups is 1. The number of rotatable bonds is 6. The topological polar surface area (TPSA) is 84.5 Å². The average molecular weight is 497 g/mol. The molecule has 7 nitrogen and oxygen atoms in total. The number of halogens is 5. The van der Waals surface area contributed by atoms with Gasteiger partial charge in [-0.25, -0.2) is 13.6 Å². The number of amides is 1. The predicted octanol–water partition coefficient (Wildman–Crippen LogP) is 3.51. The summed E-state index contributed by atoms with van der Waals surface area (Å²) in [4.78, 5) is 39.1. The summed E-state index contributed by atoms with van der Waals surface area (Å²) in [6.07, 6.45) is -8.35. The summed E-state index contributed by atoms with van der Waals surface area (Å²) < 4.78 is 67.9. The molecule has 3 heterocycles. The molecule has 0 aliphatic carbocycles. The van der Waals surface area contributed by atoms with Gasteiger partial charge >= 0.3 is 11.9 Å². The van der Waals surface area contributed by atoms with Gasteiger partial charge in [0.15, 0.2) is 0 Å². The van der Waals surface area contributed by atoms with E-state index in [1.807, 2.05) is 0 Å². The summed E-state index contributed by atoms with van der Waals surface area (Å²) in [5.74, 6) is -0.804. The molecule has 2 aromatic rings. The highest BCUT2D eigenvalue weighted by molar-refractivity contribution is 7.20. The number of thiophene rings is 1. The Morgan fingerprint density at radius 3 is 2.24 bits per heavy atom. The Morgan fingerprint density at radius 1 is 1.15 bits per heavy atom. The van der Waals surface area contributed by atoms with Crippen molar-refractivity contribution in [3.63, 3.8) is 0 Å². The first-order valence-corrected chi connectivity index (χ1v) is 11.3. The molecule has 184 valence electrons. The molecule has 0 atom stereocenters. The third-order valence-electron chi connectivity index (χ3n) is 6.08. The Labute approximate surface area is 189 Å². The first-order chi connectivity index (χ1) is 15.3. The van der Waals surface area contributed by atoms with Gasteiger partial charge in [-0.2, -0.15) is 13.2 Å². The first-order valence-electron chi connectivity index (χ1n) is 10.5. The highest BCUT2D eigenvalue weighted by Gasteiger charge is 2.37. The largest absolute Gasteiger partial charge is 0.390 e. The van der Waals surface area contributed by atoms with Crippen molar-refractivity contribution >= 4 is 27.5 Å². The Bertz CT molecular complexity index is 1160. The zero-order valence-electron chi connectivity index (χ0n) is 18.0. The monoisotopic (exact) mass is 497 g/mol. The van der Waals surface area contributed by atoms with Crippen molar-refractivity contribution in [3.8, 4) is 0 Å². The van der Waals surface area contributed by atoms with Crippen molar-refractivity contribution in [1.29, 1.82) is 0 Å². The number of carbonyl (C=O) groups is 1. The summed E-state index contributed by atoms with van der Waals surface area (Å²) in [6, 6.07) is 0. The number of carbonyl (C=O) groups excluding carboxylic acids is 1. The van der Waals surface area contributed by atoms with Gasteiger partial charge < -0.3 is 10.0 Å². The van der Waals surface area contributed by atoms with E-state index < -0.39 is 64.2 Å². The molecule has 0 radical (unpaired) electrons. The molecule has 1 aliphatic rings. The number of likely N-dealkylation sites (tertiary alicyclic amines) is 1. The van der Waals surface area contributed by atoms with E-state index in [1.165, 1.54) is 11.8 Å². The molecular weight excluding hydrogens is 473 g/mol. The number of alkyl halides is 5. The second-order valence-electron chi connectivity index (χ2n) is 8.04. The lowest BCUT2D eigenvalue weighted by Crippen LogP contribution is -2.46. The molecule has 33 heavy (non-hydrogen) atoms. The molecule has 3 rings (SSSR count). The van der Waals surface area contributed by atoms with Crippen LogP contribution in [0.25, 0.3) is 10.2 Å². The average Bonchev–Trinajstić information content (AvgIpc) is 3.14. The Morgan fingerprint density at radius 2 is 1.76 bits per heavy atom. The third kappa shape index (κ3) is 4.84. The van der Waals surface area contributed by atoms with Crippen LogP contribution in [0.5, 0.6) is 0 Å². The van der Waals surface area contributed by atoms with Crippen LogP contribution in [-0.2, 0) is 13.1 Å². The number of hydrogen-bond acceptors (Lipinski definition) is 5. The van der Waals surface area contributed by atoms with Crippen LogP contribution in [-0.4, -0.2) is 49.9 Å². The summed E-state index contributed by atoms with van der Waals surface area (Å²) in [7, 11) is 0. The third-order valence-corrected chi connectivity index (χ3v) is 7.30. The fourth-order valence-electron chi connectivity index (χ4n) is 3.99. The van der Waals surface area contributed by atoms with Gasteiger partial charge in [-0.05, 0) is 26.2 Å². The lowest BCUT2D eigenvalue weighted by Gasteiger charge is -2.37. The van der Waals surface area contributed by atoms with Gasteiger partial charge in [-0.3, -0.25) is 18.7 Å². The van der Waals surface area contributed by atoms with Crippen LogP contribution < -0.4 is 11.2 Å². The van der Waals surface area contributed by atoms with Crippen LogP contribution in [0, 0.1) is 0 Å². The summed E-state index contributed by atoms with van der Waals surface area (Å²) in [5.41, 5.74) is -3.95. The predicted molar refractivity (Wildman–Crippen MR) is 112 cm³/mol. The van der Waals surface area contributed by atoms with Crippen LogP contribution in [0.1, 0.15) is 61.2 Å². The van der Waals surface area contributed by atoms with Gasteiger partial charge in [-0.1, -0.05) is 6.92 Å². The Balaban J connectivity index is 2.18. The maximum Gasteiger partial charge on any atom is 0.390 e. The maximum absolute atomic E-state index is 14.1.